The van der Waals surface area contributed by atoms with Gasteiger partial charge in [0.05, 0.1) is 0 Å². The van der Waals surface area contributed by atoms with Crippen molar-refractivity contribution in [3.8, 4) is 0 Å². The molecule has 1 aromatic rings. The predicted octanol–water partition coefficient (Wildman–Crippen LogP) is 1.62. The maximum Gasteiger partial charge on any atom is 0.407 e. The minimum Gasteiger partial charge on any atom is -0.465 e. The lowest BCUT2D eigenvalue weighted by Gasteiger charge is -2.33. The Kier molecular flexibility index (Phi) is 3.58. The fourth-order valence-electron chi connectivity index (χ4n) is 1.95. The number of benzene rings is 1. The van der Waals surface area contributed by atoms with Gasteiger partial charge < -0.3 is 10.0 Å². The summed E-state index contributed by atoms with van der Waals surface area (Å²) in [6.45, 7) is 3.27. The van der Waals surface area contributed by atoms with Crippen LogP contribution in [0.5, 0.6) is 0 Å². The largest absolute Gasteiger partial charge is 0.465 e. The average Bonchev–Trinajstić information content (AvgIpc) is 2.33. The minimum atomic E-state index is -0.855. The van der Waals surface area contributed by atoms with E-state index < -0.39 is 6.09 Å². The molecule has 4 nitrogen and oxygen atoms in total. The number of rotatable bonds is 2. The molecule has 17 heavy (non-hydrogen) atoms. The highest BCUT2D eigenvalue weighted by Gasteiger charge is 2.19. The Bertz CT molecular complexity index is 386. The summed E-state index contributed by atoms with van der Waals surface area (Å²) in [5.74, 6) is -0.232. The van der Waals surface area contributed by atoms with Crippen LogP contribution < -0.4 is 0 Å². The first-order chi connectivity index (χ1) is 8.15. The molecule has 1 aliphatic rings. The summed E-state index contributed by atoms with van der Waals surface area (Å²) < 4.78 is 12.7. The molecule has 0 radical (unpaired) electrons. The van der Waals surface area contributed by atoms with Crippen LogP contribution in [-0.2, 0) is 6.54 Å². The molecule has 0 aliphatic carbocycles. The molecule has 0 aromatic heterocycles. The smallest absolute Gasteiger partial charge is 0.407 e. The van der Waals surface area contributed by atoms with E-state index >= 15 is 0 Å². The minimum absolute atomic E-state index is 0.232. The van der Waals surface area contributed by atoms with Crippen LogP contribution in [0.25, 0.3) is 0 Å². The van der Waals surface area contributed by atoms with Gasteiger partial charge in [-0.1, -0.05) is 12.1 Å². The monoisotopic (exact) mass is 238 g/mol. The van der Waals surface area contributed by atoms with Crippen molar-refractivity contribution in [2.75, 3.05) is 26.2 Å². The number of amides is 1. The highest BCUT2D eigenvalue weighted by molar-refractivity contribution is 5.65. The summed E-state index contributed by atoms with van der Waals surface area (Å²) in [5, 5.41) is 8.81. The summed E-state index contributed by atoms with van der Waals surface area (Å²) in [4.78, 5) is 14.3. The highest BCUT2D eigenvalue weighted by Crippen LogP contribution is 2.09. The van der Waals surface area contributed by atoms with Gasteiger partial charge in [-0.3, -0.25) is 4.90 Å². The maximum absolute atomic E-state index is 12.7. The van der Waals surface area contributed by atoms with Gasteiger partial charge in [-0.15, -0.1) is 0 Å². The average molecular weight is 238 g/mol. The summed E-state index contributed by atoms with van der Waals surface area (Å²) in [7, 11) is 0. The molecular weight excluding hydrogens is 223 g/mol. The van der Waals surface area contributed by atoms with E-state index in [2.05, 4.69) is 4.90 Å². The highest BCUT2D eigenvalue weighted by atomic mass is 19.1. The van der Waals surface area contributed by atoms with Crippen LogP contribution in [0.15, 0.2) is 24.3 Å². The Labute approximate surface area is 99.3 Å². The van der Waals surface area contributed by atoms with Crippen molar-refractivity contribution in [3.63, 3.8) is 0 Å². The molecule has 5 heteroatoms. The molecular formula is C12H15FN2O2. The van der Waals surface area contributed by atoms with Crippen LogP contribution in [0.3, 0.4) is 0 Å². The van der Waals surface area contributed by atoms with E-state index in [0.717, 1.165) is 25.2 Å². The first kappa shape index (κ1) is 11.9. The van der Waals surface area contributed by atoms with Gasteiger partial charge >= 0.3 is 6.09 Å². The lowest BCUT2D eigenvalue weighted by Crippen LogP contribution is -2.47. The summed E-state index contributed by atoms with van der Waals surface area (Å²) in [6, 6.07) is 6.42. The number of halogens is 1. The third-order valence-electron chi connectivity index (χ3n) is 2.96. The van der Waals surface area contributed by atoms with Crippen molar-refractivity contribution >= 4 is 6.09 Å². The molecule has 2 rings (SSSR count). The lowest BCUT2D eigenvalue weighted by atomic mass is 10.2. The lowest BCUT2D eigenvalue weighted by molar-refractivity contribution is 0.103. The zero-order chi connectivity index (χ0) is 12.3. The van der Waals surface area contributed by atoms with Gasteiger partial charge in [0.2, 0.25) is 0 Å². The number of carbonyl (C=O) groups is 1. The van der Waals surface area contributed by atoms with Crippen LogP contribution in [0, 0.1) is 5.82 Å². The van der Waals surface area contributed by atoms with Crippen LogP contribution in [0.1, 0.15) is 5.56 Å². The van der Waals surface area contributed by atoms with Crippen molar-refractivity contribution in [3.05, 3.63) is 35.6 Å². The van der Waals surface area contributed by atoms with Gasteiger partial charge in [-0.2, -0.15) is 0 Å². The first-order valence-corrected chi connectivity index (χ1v) is 5.60. The van der Waals surface area contributed by atoms with Crippen molar-refractivity contribution in [1.82, 2.24) is 9.80 Å². The summed E-state index contributed by atoms with van der Waals surface area (Å²) >= 11 is 0. The van der Waals surface area contributed by atoms with Gasteiger partial charge in [0.1, 0.15) is 5.82 Å². The van der Waals surface area contributed by atoms with Crippen LogP contribution in [-0.4, -0.2) is 47.2 Å². The molecule has 1 saturated heterocycles. The topological polar surface area (TPSA) is 43.8 Å². The van der Waals surface area contributed by atoms with Gasteiger partial charge in [-0.25, -0.2) is 9.18 Å². The summed E-state index contributed by atoms with van der Waals surface area (Å²) in [6.07, 6.45) is -0.855. The van der Waals surface area contributed by atoms with E-state index in [1.54, 1.807) is 12.1 Å². The van der Waals surface area contributed by atoms with Gasteiger partial charge in [-0.05, 0) is 17.7 Å². The Morgan fingerprint density at radius 2 is 1.76 bits per heavy atom. The number of carboxylic acid groups (broad SMARTS) is 1. The SMILES string of the molecule is O=C(O)N1CCN(Cc2ccc(F)cc2)CC1. The van der Waals surface area contributed by atoms with E-state index in [1.165, 1.54) is 17.0 Å². The molecule has 92 valence electrons. The zero-order valence-corrected chi connectivity index (χ0v) is 9.47. The number of hydrogen-bond acceptors (Lipinski definition) is 2. The van der Waals surface area contributed by atoms with Gasteiger partial charge in [0.15, 0.2) is 0 Å². The molecule has 1 aromatic carbocycles. The number of hydrogen-bond donors (Lipinski definition) is 1. The van der Waals surface area contributed by atoms with Crippen molar-refractivity contribution < 1.29 is 14.3 Å². The van der Waals surface area contributed by atoms with Gasteiger partial charge in [0.25, 0.3) is 0 Å². The zero-order valence-electron chi connectivity index (χ0n) is 9.47. The molecule has 0 bridgehead atoms. The third-order valence-corrected chi connectivity index (χ3v) is 2.96. The quantitative estimate of drug-likeness (QED) is 0.851. The fourth-order valence-corrected chi connectivity index (χ4v) is 1.95. The summed E-state index contributed by atoms with van der Waals surface area (Å²) in [5.41, 5.74) is 1.05. The van der Waals surface area contributed by atoms with E-state index in [4.69, 9.17) is 5.11 Å². The van der Waals surface area contributed by atoms with E-state index in [1.807, 2.05) is 0 Å². The number of nitrogens with zero attached hydrogens (tertiary/aromatic N) is 2. The Morgan fingerprint density at radius 3 is 2.29 bits per heavy atom. The van der Waals surface area contributed by atoms with E-state index in [0.29, 0.717) is 13.1 Å². The predicted molar refractivity (Wildman–Crippen MR) is 61.3 cm³/mol. The van der Waals surface area contributed by atoms with Crippen LogP contribution in [0.2, 0.25) is 0 Å². The van der Waals surface area contributed by atoms with E-state index in [9.17, 15) is 9.18 Å². The second-order valence-corrected chi connectivity index (χ2v) is 4.17. The second-order valence-electron chi connectivity index (χ2n) is 4.17. The normalized spacial score (nSPS) is 17.1. The second kappa shape index (κ2) is 5.14. The Morgan fingerprint density at radius 1 is 1.18 bits per heavy atom. The van der Waals surface area contributed by atoms with E-state index in [-0.39, 0.29) is 5.82 Å². The maximum atomic E-state index is 12.7. The molecule has 0 spiro atoms. The number of piperazine rings is 1. The molecule has 1 amide bonds. The fraction of sp³-hybridized carbons (Fsp3) is 0.417. The molecule has 1 aliphatic heterocycles. The molecule has 0 unspecified atom stereocenters. The molecule has 1 fully saturated rings. The van der Waals surface area contributed by atoms with Crippen LogP contribution >= 0.6 is 0 Å². The van der Waals surface area contributed by atoms with Crippen molar-refractivity contribution in [1.29, 1.82) is 0 Å². The Hall–Kier alpha value is -1.62. The molecule has 1 N–H and O–H groups in total. The standard InChI is InChI=1S/C12H15FN2O2/c13-11-3-1-10(2-4-11)9-14-5-7-15(8-6-14)12(16)17/h1-4H,5-9H2,(H,16,17). The Balaban J connectivity index is 1.85. The van der Waals surface area contributed by atoms with Gasteiger partial charge in [0, 0.05) is 32.7 Å². The van der Waals surface area contributed by atoms with Crippen molar-refractivity contribution in [2.45, 2.75) is 6.54 Å². The molecule has 0 saturated carbocycles. The molecule has 1 heterocycles. The third kappa shape index (κ3) is 3.17. The molecule has 0 atom stereocenters. The van der Waals surface area contributed by atoms with Crippen molar-refractivity contribution in [2.24, 2.45) is 0 Å². The van der Waals surface area contributed by atoms with Crippen LogP contribution in [0.4, 0.5) is 9.18 Å². The first-order valence-electron chi connectivity index (χ1n) is 5.60.